The van der Waals surface area contributed by atoms with Gasteiger partial charge in [0, 0.05) is 18.1 Å². The third kappa shape index (κ3) is 3.83. The van der Waals surface area contributed by atoms with Crippen LogP contribution in [-0.4, -0.2) is 21.5 Å². The summed E-state index contributed by atoms with van der Waals surface area (Å²) in [5, 5.41) is 3.65. The Morgan fingerprint density at radius 2 is 1.83 bits per heavy atom. The first-order valence-electron chi connectivity index (χ1n) is 5.60. The van der Waals surface area contributed by atoms with Crippen molar-refractivity contribution in [2.24, 2.45) is 0 Å². The Kier molecular flexibility index (Phi) is 5.88. The number of hydrogen-bond acceptors (Lipinski definition) is 3. The highest BCUT2D eigenvalue weighted by Crippen LogP contribution is 2.29. The van der Waals surface area contributed by atoms with E-state index in [1.54, 1.807) is 13.0 Å². The fraction of sp³-hybridized carbons (Fsp3) is 0.455. The van der Waals surface area contributed by atoms with Crippen LogP contribution >= 0.6 is 23.2 Å². The number of rotatable bonds is 6. The lowest BCUT2D eigenvalue weighted by Gasteiger charge is -2.12. The molecule has 2 N–H and O–H groups in total. The van der Waals surface area contributed by atoms with Gasteiger partial charge in [0.15, 0.2) is 0 Å². The second-order valence-corrected chi connectivity index (χ2v) is 6.21. The van der Waals surface area contributed by atoms with Crippen LogP contribution in [0.1, 0.15) is 19.4 Å². The normalized spacial score (nSPS) is 11.8. The molecule has 0 unspecified atom stereocenters. The molecule has 18 heavy (non-hydrogen) atoms. The van der Waals surface area contributed by atoms with E-state index in [1.807, 2.05) is 6.92 Å². The highest BCUT2D eigenvalue weighted by molar-refractivity contribution is 7.89. The van der Waals surface area contributed by atoms with Crippen LogP contribution in [0.2, 0.25) is 10.0 Å². The summed E-state index contributed by atoms with van der Waals surface area (Å²) in [7, 11) is -3.61. The van der Waals surface area contributed by atoms with Crippen molar-refractivity contribution in [2.45, 2.75) is 25.3 Å². The molecule has 1 aromatic carbocycles. The van der Waals surface area contributed by atoms with E-state index >= 15 is 0 Å². The Bertz CT molecular complexity index is 518. The third-order valence-electron chi connectivity index (χ3n) is 2.27. The van der Waals surface area contributed by atoms with Crippen LogP contribution in [0.25, 0.3) is 0 Å². The quantitative estimate of drug-likeness (QED) is 0.848. The number of sulfonamides is 1. The van der Waals surface area contributed by atoms with E-state index in [4.69, 9.17) is 23.2 Å². The van der Waals surface area contributed by atoms with Gasteiger partial charge in [-0.15, -0.1) is 0 Å². The number of hydrogen-bond donors (Lipinski definition) is 2. The summed E-state index contributed by atoms with van der Waals surface area (Å²) < 4.78 is 26.3. The van der Waals surface area contributed by atoms with E-state index < -0.39 is 10.0 Å². The second kappa shape index (κ2) is 6.73. The standard InChI is InChI=1S/C11H16Cl2N2O2S/c1-3-14-7-8-5-9(12)6-10(11(8)13)18(16,17)15-4-2/h5-6,14-15H,3-4,7H2,1-2H3. The molecule has 0 atom stereocenters. The first-order valence-corrected chi connectivity index (χ1v) is 7.84. The van der Waals surface area contributed by atoms with Gasteiger partial charge in [0.1, 0.15) is 4.90 Å². The van der Waals surface area contributed by atoms with Crippen LogP contribution in [0.15, 0.2) is 17.0 Å². The van der Waals surface area contributed by atoms with Crippen LogP contribution < -0.4 is 10.0 Å². The summed E-state index contributed by atoms with van der Waals surface area (Å²) in [6.45, 7) is 5.20. The lowest BCUT2D eigenvalue weighted by Crippen LogP contribution is -2.24. The topological polar surface area (TPSA) is 58.2 Å². The molecule has 1 rings (SSSR count). The summed E-state index contributed by atoms with van der Waals surface area (Å²) in [6, 6.07) is 3.02. The molecule has 0 saturated heterocycles. The van der Waals surface area contributed by atoms with Crippen molar-refractivity contribution in [1.82, 2.24) is 10.0 Å². The van der Waals surface area contributed by atoms with Gasteiger partial charge in [0.05, 0.1) is 5.02 Å². The zero-order valence-electron chi connectivity index (χ0n) is 10.3. The Labute approximate surface area is 118 Å². The molecular formula is C11H16Cl2N2O2S. The maximum absolute atomic E-state index is 12.0. The molecule has 0 radical (unpaired) electrons. The lowest BCUT2D eigenvalue weighted by atomic mass is 10.2. The number of nitrogens with one attached hydrogen (secondary N) is 2. The molecule has 4 nitrogen and oxygen atoms in total. The molecular weight excluding hydrogens is 295 g/mol. The van der Waals surface area contributed by atoms with E-state index in [9.17, 15) is 8.42 Å². The predicted molar refractivity (Wildman–Crippen MR) is 74.7 cm³/mol. The summed E-state index contributed by atoms with van der Waals surface area (Å²) in [4.78, 5) is 0.0198. The molecule has 0 aliphatic rings. The predicted octanol–water partition coefficient (Wildman–Crippen LogP) is 2.40. The molecule has 0 fully saturated rings. The molecule has 0 amide bonds. The van der Waals surface area contributed by atoms with Crippen molar-refractivity contribution in [2.75, 3.05) is 13.1 Å². The second-order valence-electron chi connectivity index (χ2n) is 3.66. The molecule has 0 spiro atoms. The van der Waals surface area contributed by atoms with Crippen molar-refractivity contribution in [3.63, 3.8) is 0 Å². The highest BCUT2D eigenvalue weighted by Gasteiger charge is 2.20. The van der Waals surface area contributed by atoms with Gasteiger partial charge < -0.3 is 5.32 Å². The molecule has 0 aliphatic heterocycles. The van der Waals surface area contributed by atoms with Crippen molar-refractivity contribution in [1.29, 1.82) is 0 Å². The molecule has 0 aliphatic carbocycles. The molecule has 0 bridgehead atoms. The zero-order chi connectivity index (χ0) is 13.8. The maximum Gasteiger partial charge on any atom is 0.242 e. The van der Waals surface area contributed by atoms with E-state index in [0.717, 1.165) is 6.54 Å². The van der Waals surface area contributed by atoms with Gasteiger partial charge in [-0.3, -0.25) is 0 Å². The summed E-state index contributed by atoms with van der Waals surface area (Å²) in [5.41, 5.74) is 0.669. The van der Waals surface area contributed by atoms with Gasteiger partial charge in [-0.25, -0.2) is 13.1 Å². The van der Waals surface area contributed by atoms with Crippen LogP contribution in [0.4, 0.5) is 0 Å². The first-order chi connectivity index (χ1) is 8.42. The number of benzene rings is 1. The average molecular weight is 311 g/mol. The zero-order valence-corrected chi connectivity index (χ0v) is 12.6. The first kappa shape index (κ1) is 15.7. The van der Waals surface area contributed by atoms with E-state index in [0.29, 0.717) is 23.7 Å². The van der Waals surface area contributed by atoms with Gasteiger partial charge in [-0.1, -0.05) is 37.0 Å². The fourth-order valence-electron chi connectivity index (χ4n) is 1.47. The van der Waals surface area contributed by atoms with E-state index in [2.05, 4.69) is 10.0 Å². The summed E-state index contributed by atoms with van der Waals surface area (Å²) in [5.74, 6) is 0. The van der Waals surface area contributed by atoms with Gasteiger partial charge in [-0.2, -0.15) is 0 Å². The average Bonchev–Trinajstić information content (AvgIpc) is 2.29. The Balaban J connectivity index is 3.24. The monoisotopic (exact) mass is 310 g/mol. The Morgan fingerprint density at radius 3 is 2.39 bits per heavy atom. The van der Waals surface area contributed by atoms with Crippen LogP contribution in [0.3, 0.4) is 0 Å². The van der Waals surface area contributed by atoms with Gasteiger partial charge >= 0.3 is 0 Å². The van der Waals surface area contributed by atoms with Crippen LogP contribution in [-0.2, 0) is 16.6 Å². The largest absolute Gasteiger partial charge is 0.313 e. The minimum atomic E-state index is -3.61. The minimum absolute atomic E-state index is 0.0198. The molecule has 0 heterocycles. The van der Waals surface area contributed by atoms with Gasteiger partial charge in [0.2, 0.25) is 10.0 Å². The third-order valence-corrected chi connectivity index (χ3v) is 4.62. The Hall–Kier alpha value is -0.330. The van der Waals surface area contributed by atoms with Gasteiger partial charge in [-0.05, 0) is 24.2 Å². The van der Waals surface area contributed by atoms with Crippen molar-refractivity contribution in [3.8, 4) is 0 Å². The molecule has 1 aromatic rings. The summed E-state index contributed by atoms with van der Waals surface area (Å²) in [6.07, 6.45) is 0. The van der Waals surface area contributed by atoms with Gasteiger partial charge in [0.25, 0.3) is 0 Å². The highest BCUT2D eigenvalue weighted by atomic mass is 35.5. The van der Waals surface area contributed by atoms with Crippen molar-refractivity contribution < 1.29 is 8.42 Å². The van der Waals surface area contributed by atoms with Crippen molar-refractivity contribution >= 4 is 33.2 Å². The molecule has 7 heteroatoms. The summed E-state index contributed by atoms with van der Waals surface area (Å²) >= 11 is 12.0. The molecule has 0 saturated carbocycles. The smallest absolute Gasteiger partial charge is 0.242 e. The van der Waals surface area contributed by atoms with E-state index in [-0.39, 0.29) is 9.92 Å². The molecule has 0 aromatic heterocycles. The SMILES string of the molecule is CCNCc1cc(Cl)cc(S(=O)(=O)NCC)c1Cl. The van der Waals surface area contributed by atoms with E-state index in [1.165, 1.54) is 6.07 Å². The van der Waals surface area contributed by atoms with Crippen LogP contribution in [0, 0.1) is 0 Å². The van der Waals surface area contributed by atoms with Crippen molar-refractivity contribution in [3.05, 3.63) is 27.7 Å². The number of halogens is 2. The lowest BCUT2D eigenvalue weighted by molar-refractivity contribution is 0.583. The fourth-order valence-corrected chi connectivity index (χ4v) is 3.44. The minimum Gasteiger partial charge on any atom is -0.313 e. The maximum atomic E-state index is 12.0. The molecule has 102 valence electrons. The van der Waals surface area contributed by atoms with Crippen LogP contribution in [0.5, 0.6) is 0 Å². The Morgan fingerprint density at radius 1 is 1.17 bits per heavy atom.